The van der Waals surface area contributed by atoms with Crippen molar-refractivity contribution in [1.29, 1.82) is 0 Å². The molecule has 3 heterocycles. The minimum absolute atomic E-state index is 0.102. The molecule has 0 unspecified atom stereocenters. The highest BCUT2D eigenvalue weighted by Gasteiger charge is 2.35. The first-order valence-corrected chi connectivity index (χ1v) is 10.2. The van der Waals surface area contributed by atoms with Crippen LogP contribution in [0.4, 0.5) is 0 Å². The average molecular weight is 370 g/mol. The Balaban J connectivity index is 1.46. The number of aryl methyl sites for hydroxylation is 1. The highest BCUT2D eigenvalue weighted by atomic mass is 16.5. The van der Waals surface area contributed by atoms with E-state index in [1.54, 1.807) is 0 Å². The van der Waals surface area contributed by atoms with E-state index in [9.17, 15) is 4.79 Å². The summed E-state index contributed by atoms with van der Waals surface area (Å²) < 4.78 is 11.5. The van der Waals surface area contributed by atoms with Gasteiger partial charge in [-0.05, 0) is 51.8 Å². The number of benzene rings is 1. The third-order valence-electron chi connectivity index (χ3n) is 6.24. The lowest BCUT2D eigenvalue weighted by Crippen LogP contribution is -2.49. The fourth-order valence-electron chi connectivity index (χ4n) is 4.53. The summed E-state index contributed by atoms with van der Waals surface area (Å²) in [5.74, 6) is 0.338. The molecule has 0 bridgehead atoms. The van der Waals surface area contributed by atoms with Crippen molar-refractivity contribution in [2.45, 2.75) is 39.0 Å². The summed E-state index contributed by atoms with van der Waals surface area (Å²) in [6.45, 7) is 7.62. The van der Waals surface area contributed by atoms with Gasteiger partial charge in [-0.15, -0.1) is 0 Å². The highest BCUT2D eigenvalue weighted by Crippen LogP contribution is 2.32. The van der Waals surface area contributed by atoms with E-state index >= 15 is 0 Å². The molecule has 0 radical (unpaired) electrons. The molecule has 1 aromatic carbocycles. The second-order valence-corrected chi connectivity index (χ2v) is 8.18. The Hall–Kier alpha value is -1.85. The van der Waals surface area contributed by atoms with Crippen LogP contribution >= 0.6 is 0 Å². The molecule has 0 atom stereocenters. The standard InChI is InChI=1S/C22H30N2O3/c1-17-18-7-3-4-8-19(18)27-20(17)21(25)23-15-22(9-13-26-14-10-22)16-24-11-5-2-6-12-24/h3-4,7-8H,2,5-6,9-16H2,1H3,(H,23,25). The number of nitrogens with zero attached hydrogens (tertiary/aromatic N) is 1. The van der Waals surface area contributed by atoms with Crippen molar-refractivity contribution in [2.75, 3.05) is 39.4 Å². The van der Waals surface area contributed by atoms with Crippen LogP contribution in [0.25, 0.3) is 11.0 Å². The van der Waals surface area contributed by atoms with Crippen molar-refractivity contribution in [3.05, 3.63) is 35.6 Å². The van der Waals surface area contributed by atoms with Gasteiger partial charge in [-0.3, -0.25) is 4.79 Å². The predicted molar refractivity (Wildman–Crippen MR) is 106 cm³/mol. The molecular formula is C22H30N2O3. The van der Waals surface area contributed by atoms with Crippen molar-refractivity contribution < 1.29 is 13.9 Å². The number of ether oxygens (including phenoxy) is 1. The SMILES string of the molecule is Cc1c(C(=O)NCC2(CN3CCCCC3)CCOCC2)oc2ccccc12. The number of carbonyl (C=O) groups excluding carboxylic acids is 1. The smallest absolute Gasteiger partial charge is 0.287 e. The Morgan fingerprint density at radius 1 is 1.15 bits per heavy atom. The number of hydrogen-bond donors (Lipinski definition) is 1. The summed E-state index contributed by atoms with van der Waals surface area (Å²) in [6.07, 6.45) is 5.93. The first-order valence-electron chi connectivity index (χ1n) is 10.2. The molecule has 146 valence electrons. The quantitative estimate of drug-likeness (QED) is 0.871. The predicted octanol–water partition coefficient (Wildman–Crippen LogP) is 3.75. The third kappa shape index (κ3) is 4.04. The van der Waals surface area contributed by atoms with Crippen LogP contribution in [0.15, 0.2) is 28.7 Å². The molecule has 2 saturated heterocycles. The van der Waals surface area contributed by atoms with Gasteiger partial charge in [0.15, 0.2) is 5.76 Å². The molecule has 2 aliphatic heterocycles. The molecule has 0 saturated carbocycles. The van der Waals surface area contributed by atoms with E-state index in [1.807, 2.05) is 31.2 Å². The summed E-state index contributed by atoms with van der Waals surface area (Å²) in [7, 11) is 0. The molecule has 1 N–H and O–H groups in total. The number of fused-ring (bicyclic) bond motifs is 1. The number of carbonyl (C=O) groups is 1. The summed E-state index contributed by atoms with van der Waals surface area (Å²) in [4.78, 5) is 15.4. The summed E-state index contributed by atoms with van der Waals surface area (Å²) in [5.41, 5.74) is 1.79. The van der Waals surface area contributed by atoms with Gasteiger partial charge in [0.1, 0.15) is 5.58 Å². The van der Waals surface area contributed by atoms with E-state index in [4.69, 9.17) is 9.15 Å². The van der Waals surface area contributed by atoms with E-state index in [0.717, 1.165) is 49.1 Å². The molecule has 27 heavy (non-hydrogen) atoms. The average Bonchev–Trinajstić information content (AvgIpc) is 3.05. The van der Waals surface area contributed by atoms with Crippen molar-refractivity contribution in [2.24, 2.45) is 5.41 Å². The minimum atomic E-state index is -0.104. The van der Waals surface area contributed by atoms with E-state index in [0.29, 0.717) is 12.3 Å². The molecule has 2 aromatic rings. The lowest BCUT2D eigenvalue weighted by molar-refractivity contribution is -0.00682. The van der Waals surface area contributed by atoms with Gasteiger partial charge in [0.05, 0.1) is 0 Å². The Labute approximate surface area is 161 Å². The van der Waals surface area contributed by atoms with Gasteiger partial charge in [0, 0.05) is 42.7 Å². The van der Waals surface area contributed by atoms with Gasteiger partial charge >= 0.3 is 0 Å². The lowest BCUT2D eigenvalue weighted by atomic mass is 9.79. The molecular weight excluding hydrogens is 340 g/mol. The Morgan fingerprint density at radius 3 is 2.63 bits per heavy atom. The van der Waals surface area contributed by atoms with Gasteiger partial charge in [0.2, 0.25) is 0 Å². The second-order valence-electron chi connectivity index (χ2n) is 8.18. The molecule has 2 fully saturated rings. The maximum Gasteiger partial charge on any atom is 0.287 e. The topological polar surface area (TPSA) is 54.7 Å². The lowest BCUT2D eigenvalue weighted by Gasteiger charge is -2.42. The molecule has 0 aliphatic carbocycles. The van der Waals surface area contributed by atoms with Crippen molar-refractivity contribution in [3.63, 3.8) is 0 Å². The zero-order valence-corrected chi connectivity index (χ0v) is 16.3. The van der Waals surface area contributed by atoms with Crippen LogP contribution in [-0.4, -0.2) is 50.2 Å². The minimum Gasteiger partial charge on any atom is -0.451 e. The number of furan rings is 1. The number of likely N-dealkylation sites (tertiary alicyclic amines) is 1. The van der Waals surface area contributed by atoms with Gasteiger partial charge in [-0.25, -0.2) is 0 Å². The highest BCUT2D eigenvalue weighted by molar-refractivity contribution is 5.98. The summed E-state index contributed by atoms with van der Waals surface area (Å²) in [5, 5.41) is 4.20. The maximum absolute atomic E-state index is 12.9. The normalized spacial score (nSPS) is 20.6. The number of amides is 1. The molecule has 2 aliphatic rings. The first-order chi connectivity index (χ1) is 13.2. The maximum atomic E-state index is 12.9. The number of hydrogen-bond acceptors (Lipinski definition) is 4. The number of para-hydroxylation sites is 1. The van der Waals surface area contributed by atoms with E-state index in [2.05, 4.69) is 10.2 Å². The second kappa shape index (κ2) is 8.03. The fourth-order valence-corrected chi connectivity index (χ4v) is 4.53. The fraction of sp³-hybridized carbons (Fsp3) is 0.591. The zero-order chi connectivity index (χ0) is 18.7. The van der Waals surface area contributed by atoms with Crippen molar-refractivity contribution in [1.82, 2.24) is 10.2 Å². The van der Waals surface area contributed by atoms with Crippen LogP contribution in [0.2, 0.25) is 0 Å². The van der Waals surface area contributed by atoms with Gasteiger partial charge in [-0.2, -0.15) is 0 Å². The number of piperidine rings is 1. The Bertz CT molecular complexity index is 786. The molecule has 5 heteroatoms. The van der Waals surface area contributed by atoms with Gasteiger partial charge in [-0.1, -0.05) is 24.6 Å². The first kappa shape index (κ1) is 18.5. The zero-order valence-electron chi connectivity index (χ0n) is 16.3. The molecule has 5 nitrogen and oxygen atoms in total. The summed E-state index contributed by atoms with van der Waals surface area (Å²) in [6, 6.07) is 7.82. The summed E-state index contributed by atoms with van der Waals surface area (Å²) >= 11 is 0. The largest absolute Gasteiger partial charge is 0.451 e. The Morgan fingerprint density at radius 2 is 1.89 bits per heavy atom. The Kier molecular flexibility index (Phi) is 5.50. The van der Waals surface area contributed by atoms with Gasteiger partial charge < -0.3 is 19.4 Å². The van der Waals surface area contributed by atoms with Crippen LogP contribution in [0.3, 0.4) is 0 Å². The molecule has 1 amide bonds. The molecule has 1 aromatic heterocycles. The van der Waals surface area contributed by atoms with Crippen LogP contribution in [-0.2, 0) is 4.74 Å². The number of rotatable bonds is 5. The van der Waals surface area contributed by atoms with E-state index in [1.165, 1.54) is 32.4 Å². The molecule has 0 spiro atoms. The van der Waals surface area contributed by atoms with E-state index < -0.39 is 0 Å². The van der Waals surface area contributed by atoms with Gasteiger partial charge in [0.25, 0.3) is 5.91 Å². The van der Waals surface area contributed by atoms with Crippen molar-refractivity contribution in [3.8, 4) is 0 Å². The van der Waals surface area contributed by atoms with Crippen LogP contribution in [0, 0.1) is 12.3 Å². The van der Waals surface area contributed by atoms with Crippen LogP contribution < -0.4 is 5.32 Å². The monoisotopic (exact) mass is 370 g/mol. The molecule has 4 rings (SSSR count). The third-order valence-corrected chi connectivity index (χ3v) is 6.24. The van der Waals surface area contributed by atoms with Crippen LogP contribution in [0.5, 0.6) is 0 Å². The van der Waals surface area contributed by atoms with E-state index in [-0.39, 0.29) is 11.3 Å². The van der Waals surface area contributed by atoms with Crippen molar-refractivity contribution >= 4 is 16.9 Å². The number of nitrogens with one attached hydrogen (secondary N) is 1. The van der Waals surface area contributed by atoms with Crippen LogP contribution in [0.1, 0.15) is 48.2 Å².